The predicted octanol–water partition coefficient (Wildman–Crippen LogP) is 4.50. The predicted molar refractivity (Wildman–Crippen MR) is 93.4 cm³/mol. The number of halogens is 1. The number of carbonyl (C=O) groups is 1. The maximum Gasteiger partial charge on any atom is 0.229 e. The number of aromatic nitrogens is 2. The smallest absolute Gasteiger partial charge is 0.229 e. The monoisotopic (exact) mass is 353 g/mol. The second-order valence-corrected chi connectivity index (χ2v) is 6.45. The van der Waals surface area contributed by atoms with Gasteiger partial charge in [0.05, 0.1) is 18.1 Å². The highest BCUT2D eigenvalue weighted by Gasteiger charge is 2.14. The third-order valence-electron chi connectivity index (χ3n) is 3.45. The first-order chi connectivity index (χ1) is 11.1. The van der Waals surface area contributed by atoms with E-state index in [4.69, 9.17) is 16.3 Å². The van der Waals surface area contributed by atoms with Gasteiger partial charge in [0, 0.05) is 5.92 Å². The topological polar surface area (TPSA) is 64.1 Å². The molecular formula is C16H20ClN3O2S. The first kappa shape index (κ1) is 17.7. The highest BCUT2D eigenvalue weighted by Crippen LogP contribution is 2.28. The number of nitrogens with one attached hydrogen (secondary N) is 1. The summed E-state index contributed by atoms with van der Waals surface area (Å²) in [6.45, 7) is 4.51. The van der Waals surface area contributed by atoms with Gasteiger partial charge in [-0.15, -0.1) is 10.2 Å². The average Bonchev–Trinajstić information content (AvgIpc) is 2.99. The van der Waals surface area contributed by atoms with Crippen LogP contribution < -0.4 is 10.1 Å². The van der Waals surface area contributed by atoms with Gasteiger partial charge in [-0.05, 0) is 25.0 Å². The van der Waals surface area contributed by atoms with Crippen LogP contribution in [0.15, 0.2) is 24.3 Å². The zero-order valence-corrected chi connectivity index (χ0v) is 14.8. The van der Waals surface area contributed by atoms with Gasteiger partial charge in [-0.2, -0.15) is 0 Å². The van der Waals surface area contributed by atoms with Crippen molar-refractivity contribution in [2.45, 2.75) is 39.0 Å². The molecule has 2 aromatic rings. The number of ether oxygens (including phenoxy) is 1. The Morgan fingerprint density at radius 2 is 2.04 bits per heavy atom. The lowest BCUT2D eigenvalue weighted by Gasteiger charge is -2.07. The molecule has 0 unspecified atom stereocenters. The van der Waals surface area contributed by atoms with Crippen molar-refractivity contribution in [3.8, 4) is 5.75 Å². The average molecular weight is 354 g/mol. The normalized spacial score (nSPS) is 10.8. The van der Waals surface area contributed by atoms with Crippen LogP contribution in [0.3, 0.4) is 0 Å². The van der Waals surface area contributed by atoms with Crippen LogP contribution >= 0.6 is 22.9 Å². The Morgan fingerprint density at radius 1 is 1.30 bits per heavy atom. The van der Waals surface area contributed by atoms with Crippen LogP contribution in [-0.4, -0.2) is 22.7 Å². The SMILES string of the molecule is CCC(CC)c1nnc(NC(=O)CCOc2ccccc2Cl)s1. The number of hydrogen-bond acceptors (Lipinski definition) is 5. The molecular weight excluding hydrogens is 334 g/mol. The van der Waals surface area contributed by atoms with Gasteiger partial charge in [0.25, 0.3) is 0 Å². The van der Waals surface area contributed by atoms with Crippen LogP contribution in [0.4, 0.5) is 5.13 Å². The van der Waals surface area contributed by atoms with E-state index in [2.05, 4.69) is 29.4 Å². The van der Waals surface area contributed by atoms with Gasteiger partial charge in [-0.3, -0.25) is 4.79 Å². The summed E-state index contributed by atoms with van der Waals surface area (Å²) >= 11 is 7.42. The molecule has 1 N–H and O–H groups in total. The van der Waals surface area contributed by atoms with Crippen molar-refractivity contribution in [2.24, 2.45) is 0 Å². The Hall–Kier alpha value is -1.66. The first-order valence-corrected chi connectivity index (χ1v) is 8.84. The molecule has 0 saturated heterocycles. The molecule has 0 aliphatic rings. The van der Waals surface area contributed by atoms with Crippen molar-refractivity contribution < 1.29 is 9.53 Å². The number of carbonyl (C=O) groups excluding carboxylic acids is 1. The van der Waals surface area contributed by atoms with Gasteiger partial charge in [-0.1, -0.05) is 48.9 Å². The van der Waals surface area contributed by atoms with E-state index in [1.807, 2.05) is 12.1 Å². The van der Waals surface area contributed by atoms with Gasteiger partial charge < -0.3 is 10.1 Å². The zero-order chi connectivity index (χ0) is 16.7. The van der Waals surface area contributed by atoms with Gasteiger partial charge in [0.1, 0.15) is 10.8 Å². The fourth-order valence-electron chi connectivity index (χ4n) is 2.09. The van der Waals surface area contributed by atoms with Crippen LogP contribution in [0.5, 0.6) is 5.75 Å². The third-order valence-corrected chi connectivity index (χ3v) is 4.76. The molecule has 0 atom stereocenters. The molecule has 0 radical (unpaired) electrons. The van der Waals surface area contributed by atoms with Crippen LogP contribution in [0, 0.1) is 0 Å². The quantitative estimate of drug-likeness (QED) is 0.758. The van der Waals surface area contributed by atoms with Gasteiger partial charge in [0.15, 0.2) is 0 Å². The number of amides is 1. The summed E-state index contributed by atoms with van der Waals surface area (Å²) in [6, 6.07) is 7.18. The number of nitrogens with zero attached hydrogens (tertiary/aromatic N) is 2. The molecule has 0 bridgehead atoms. The molecule has 1 aromatic heterocycles. The second-order valence-electron chi connectivity index (χ2n) is 5.04. The summed E-state index contributed by atoms with van der Waals surface area (Å²) in [4.78, 5) is 11.9. The highest BCUT2D eigenvalue weighted by atomic mass is 35.5. The van der Waals surface area contributed by atoms with Crippen molar-refractivity contribution in [3.05, 3.63) is 34.3 Å². The standard InChI is InChI=1S/C16H20ClN3O2S/c1-3-11(4-2)15-19-20-16(23-15)18-14(21)9-10-22-13-8-6-5-7-12(13)17/h5-8,11H,3-4,9-10H2,1-2H3,(H,18,20,21). The van der Waals surface area contributed by atoms with Crippen molar-refractivity contribution in [3.63, 3.8) is 0 Å². The Balaban J connectivity index is 1.80. The molecule has 5 nitrogen and oxygen atoms in total. The van der Waals surface area contributed by atoms with Gasteiger partial charge in [-0.25, -0.2) is 0 Å². The minimum absolute atomic E-state index is 0.149. The number of benzene rings is 1. The fourth-order valence-corrected chi connectivity index (χ4v) is 3.30. The minimum Gasteiger partial charge on any atom is -0.491 e. The summed E-state index contributed by atoms with van der Waals surface area (Å²) in [5.41, 5.74) is 0. The highest BCUT2D eigenvalue weighted by molar-refractivity contribution is 7.15. The second kappa shape index (κ2) is 8.84. The number of para-hydroxylation sites is 1. The molecule has 23 heavy (non-hydrogen) atoms. The first-order valence-electron chi connectivity index (χ1n) is 7.64. The summed E-state index contributed by atoms with van der Waals surface area (Å²) in [5, 5.41) is 13.0. The molecule has 1 heterocycles. The molecule has 7 heteroatoms. The molecule has 0 fully saturated rings. The van der Waals surface area contributed by atoms with Crippen molar-refractivity contribution in [2.75, 3.05) is 11.9 Å². The zero-order valence-electron chi connectivity index (χ0n) is 13.2. The maximum absolute atomic E-state index is 11.9. The number of hydrogen-bond donors (Lipinski definition) is 1. The molecule has 0 aliphatic heterocycles. The Kier molecular flexibility index (Phi) is 6.80. The lowest BCUT2D eigenvalue weighted by atomic mass is 10.1. The number of anilines is 1. The maximum atomic E-state index is 11.9. The molecule has 1 amide bonds. The van der Waals surface area contributed by atoms with E-state index < -0.39 is 0 Å². The summed E-state index contributed by atoms with van der Waals surface area (Å²) in [6.07, 6.45) is 2.26. The summed E-state index contributed by atoms with van der Waals surface area (Å²) < 4.78 is 5.50. The Bertz CT molecular complexity index is 644. The van der Waals surface area contributed by atoms with E-state index in [-0.39, 0.29) is 18.9 Å². The fraction of sp³-hybridized carbons (Fsp3) is 0.438. The molecule has 0 saturated carbocycles. The van der Waals surface area contributed by atoms with E-state index in [1.165, 1.54) is 11.3 Å². The minimum atomic E-state index is -0.149. The van der Waals surface area contributed by atoms with E-state index in [1.54, 1.807) is 12.1 Å². The molecule has 0 aliphatic carbocycles. The lowest BCUT2D eigenvalue weighted by Crippen LogP contribution is -2.15. The largest absolute Gasteiger partial charge is 0.491 e. The van der Waals surface area contributed by atoms with Crippen LogP contribution in [0.1, 0.15) is 44.0 Å². The Labute approximate surface area is 145 Å². The summed E-state index contributed by atoms with van der Waals surface area (Å²) in [7, 11) is 0. The van der Waals surface area contributed by atoms with Crippen LogP contribution in [-0.2, 0) is 4.79 Å². The Morgan fingerprint density at radius 3 is 2.74 bits per heavy atom. The van der Waals surface area contributed by atoms with E-state index in [0.29, 0.717) is 21.8 Å². The van der Waals surface area contributed by atoms with Crippen molar-refractivity contribution in [1.29, 1.82) is 0 Å². The lowest BCUT2D eigenvalue weighted by molar-refractivity contribution is -0.116. The molecule has 1 aromatic carbocycles. The molecule has 2 rings (SSSR count). The van der Waals surface area contributed by atoms with Crippen LogP contribution in [0.25, 0.3) is 0 Å². The summed E-state index contributed by atoms with van der Waals surface area (Å²) in [5.74, 6) is 0.833. The molecule has 124 valence electrons. The van der Waals surface area contributed by atoms with Crippen molar-refractivity contribution in [1.82, 2.24) is 10.2 Å². The van der Waals surface area contributed by atoms with Gasteiger partial charge >= 0.3 is 0 Å². The number of rotatable bonds is 8. The van der Waals surface area contributed by atoms with Gasteiger partial charge in [0.2, 0.25) is 11.0 Å². The van der Waals surface area contributed by atoms with Crippen molar-refractivity contribution >= 4 is 34.0 Å². The van der Waals surface area contributed by atoms with Crippen LogP contribution in [0.2, 0.25) is 5.02 Å². The van der Waals surface area contributed by atoms with E-state index in [0.717, 1.165) is 17.8 Å². The van der Waals surface area contributed by atoms with E-state index >= 15 is 0 Å². The third kappa shape index (κ3) is 5.18. The van der Waals surface area contributed by atoms with E-state index in [9.17, 15) is 4.79 Å². The molecule has 0 spiro atoms.